The maximum absolute atomic E-state index is 5.76. The topological polar surface area (TPSA) is 38.0 Å². The number of hydrogen-bond acceptors (Lipinski definition) is 2. The van der Waals surface area contributed by atoms with E-state index in [0.717, 1.165) is 18.7 Å². The molecule has 2 nitrogen and oxygen atoms in total. The van der Waals surface area contributed by atoms with Crippen LogP contribution < -0.4 is 11.1 Å². The predicted octanol–water partition coefficient (Wildman–Crippen LogP) is 1.84. The first-order valence-electron chi connectivity index (χ1n) is 4.37. The lowest BCUT2D eigenvalue weighted by molar-refractivity contribution is 0.679. The zero-order valence-electron chi connectivity index (χ0n) is 7.46. The van der Waals surface area contributed by atoms with E-state index in [0.29, 0.717) is 0 Å². The van der Waals surface area contributed by atoms with Crippen LogP contribution in [0.1, 0.15) is 13.3 Å². The van der Waals surface area contributed by atoms with Crippen LogP contribution in [-0.2, 0) is 0 Å². The lowest BCUT2D eigenvalue weighted by atomic mass is 10.2. The van der Waals surface area contributed by atoms with Gasteiger partial charge in [0.15, 0.2) is 0 Å². The van der Waals surface area contributed by atoms with Gasteiger partial charge in [0.25, 0.3) is 0 Å². The molecule has 0 heterocycles. The Hall–Kier alpha value is -1.02. The van der Waals surface area contributed by atoms with Gasteiger partial charge in [0.2, 0.25) is 0 Å². The van der Waals surface area contributed by atoms with Crippen molar-refractivity contribution in [3.05, 3.63) is 30.3 Å². The second-order valence-electron chi connectivity index (χ2n) is 2.92. The molecule has 0 fully saturated rings. The van der Waals surface area contributed by atoms with Crippen molar-refractivity contribution in [1.29, 1.82) is 0 Å². The zero-order chi connectivity index (χ0) is 8.81. The van der Waals surface area contributed by atoms with Gasteiger partial charge in [-0.15, -0.1) is 0 Å². The Kier molecular flexibility index (Phi) is 3.61. The third kappa shape index (κ3) is 2.93. The average molecular weight is 164 g/mol. The monoisotopic (exact) mass is 164 g/mol. The van der Waals surface area contributed by atoms with Crippen LogP contribution >= 0.6 is 0 Å². The van der Waals surface area contributed by atoms with Crippen LogP contribution in [0.5, 0.6) is 0 Å². The third-order valence-electron chi connectivity index (χ3n) is 1.87. The lowest BCUT2D eigenvalue weighted by Crippen LogP contribution is -2.27. The predicted molar refractivity (Wildman–Crippen MR) is 53.2 cm³/mol. The Morgan fingerprint density at radius 1 is 1.33 bits per heavy atom. The highest BCUT2D eigenvalue weighted by molar-refractivity contribution is 5.42. The third-order valence-corrected chi connectivity index (χ3v) is 1.87. The fourth-order valence-electron chi connectivity index (χ4n) is 0.949. The van der Waals surface area contributed by atoms with E-state index in [1.54, 1.807) is 0 Å². The maximum atomic E-state index is 5.76. The molecule has 0 aliphatic rings. The van der Waals surface area contributed by atoms with Crippen LogP contribution in [0, 0.1) is 0 Å². The van der Waals surface area contributed by atoms with E-state index in [2.05, 4.69) is 12.2 Å². The summed E-state index contributed by atoms with van der Waals surface area (Å²) in [6.45, 7) is 2.94. The summed E-state index contributed by atoms with van der Waals surface area (Å²) in [4.78, 5) is 0. The number of nitrogens with two attached hydrogens (primary N) is 1. The number of rotatable bonds is 4. The minimum atomic E-state index is 0.255. The molecule has 1 atom stereocenters. The van der Waals surface area contributed by atoms with Crippen LogP contribution in [0.4, 0.5) is 5.69 Å². The second kappa shape index (κ2) is 4.78. The highest BCUT2D eigenvalue weighted by atomic mass is 14.9. The van der Waals surface area contributed by atoms with Crippen LogP contribution in [0.3, 0.4) is 0 Å². The number of benzene rings is 1. The molecule has 0 saturated carbocycles. The molecule has 1 rings (SSSR count). The van der Waals surface area contributed by atoms with Gasteiger partial charge in [-0.25, -0.2) is 0 Å². The maximum Gasteiger partial charge on any atom is 0.0340 e. The first-order valence-corrected chi connectivity index (χ1v) is 4.37. The molecule has 0 spiro atoms. The largest absolute Gasteiger partial charge is 0.383 e. The van der Waals surface area contributed by atoms with Crippen LogP contribution in [0.2, 0.25) is 0 Å². The van der Waals surface area contributed by atoms with E-state index in [9.17, 15) is 0 Å². The molecule has 2 heteroatoms. The van der Waals surface area contributed by atoms with E-state index >= 15 is 0 Å². The Labute approximate surface area is 73.8 Å². The van der Waals surface area contributed by atoms with Crippen molar-refractivity contribution in [1.82, 2.24) is 0 Å². The molecule has 1 aromatic rings. The Balaban J connectivity index is 2.33. The molecule has 3 N–H and O–H groups in total. The number of nitrogens with one attached hydrogen (secondary N) is 1. The molecular formula is C10H16N2. The van der Waals surface area contributed by atoms with Crippen molar-refractivity contribution < 1.29 is 0 Å². The highest BCUT2D eigenvalue weighted by Crippen LogP contribution is 2.04. The molecule has 66 valence electrons. The number of para-hydroxylation sites is 1. The first kappa shape index (κ1) is 9.07. The summed E-state index contributed by atoms with van der Waals surface area (Å²) >= 11 is 0. The van der Waals surface area contributed by atoms with E-state index in [1.165, 1.54) is 0 Å². The van der Waals surface area contributed by atoms with Gasteiger partial charge in [-0.1, -0.05) is 25.1 Å². The Morgan fingerprint density at radius 2 is 2.00 bits per heavy atom. The lowest BCUT2D eigenvalue weighted by Gasteiger charge is -2.10. The molecular weight excluding hydrogens is 148 g/mol. The SMILES string of the molecule is CCC(N)CNc1ccccc1. The molecule has 0 aromatic heterocycles. The number of hydrogen-bond donors (Lipinski definition) is 2. The van der Waals surface area contributed by atoms with Gasteiger partial charge in [0.05, 0.1) is 0 Å². The summed E-state index contributed by atoms with van der Waals surface area (Å²) in [6.07, 6.45) is 1.01. The molecule has 0 bridgehead atoms. The van der Waals surface area contributed by atoms with E-state index in [4.69, 9.17) is 5.73 Å². The Bertz CT molecular complexity index is 208. The van der Waals surface area contributed by atoms with Crippen molar-refractivity contribution in [3.63, 3.8) is 0 Å². The average Bonchev–Trinajstić information content (AvgIpc) is 2.16. The molecule has 12 heavy (non-hydrogen) atoms. The van der Waals surface area contributed by atoms with E-state index < -0.39 is 0 Å². The summed E-state index contributed by atoms with van der Waals surface area (Å²) in [5.74, 6) is 0. The molecule has 0 amide bonds. The van der Waals surface area contributed by atoms with Gasteiger partial charge in [0.1, 0.15) is 0 Å². The summed E-state index contributed by atoms with van der Waals surface area (Å²) in [6, 6.07) is 10.4. The minimum absolute atomic E-state index is 0.255. The van der Waals surface area contributed by atoms with Crippen molar-refractivity contribution >= 4 is 5.69 Å². The fourth-order valence-corrected chi connectivity index (χ4v) is 0.949. The van der Waals surface area contributed by atoms with Crippen molar-refractivity contribution in [3.8, 4) is 0 Å². The molecule has 0 aliphatic heterocycles. The van der Waals surface area contributed by atoms with Gasteiger partial charge >= 0.3 is 0 Å². The summed E-state index contributed by atoms with van der Waals surface area (Å²) in [5.41, 5.74) is 6.90. The summed E-state index contributed by atoms with van der Waals surface area (Å²) in [7, 11) is 0. The zero-order valence-corrected chi connectivity index (χ0v) is 7.46. The van der Waals surface area contributed by atoms with Gasteiger partial charge in [0, 0.05) is 18.3 Å². The fraction of sp³-hybridized carbons (Fsp3) is 0.400. The molecule has 0 aliphatic carbocycles. The minimum Gasteiger partial charge on any atom is -0.383 e. The molecule has 0 saturated heterocycles. The summed E-state index contributed by atoms with van der Waals surface area (Å²) < 4.78 is 0. The van der Waals surface area contributed by atoms with Gasteiger partial charge in [-0.2, -0.15) is 0 Å². The molecule has 0 radical (unpaired) electrons. The molecule has 1 unspecified atom stereocenters. The van der Waals surface area contributed by atoms with Crippen molar-refractivity contribution in [2.75, 3.05) is 11.9 Å². The number of anilines is 1. The van der Waals surface area contributed by atoms with Crippen molar-refractivity contribution in [2.45, 2.75) is 19.4 Å². The molecule has 1 aromatic carbocycles. The van der Waals surface area contributed by atoms with Crippen molar-refractivity contribution in [2.24, 2.45) is 5.73 Å². The van der Waals surface area contributed by atoms with Crippen LogP contribution in [0.15, 0.2) is 30.3 Å². The standard InChI is InChI=1S/C10H16N2/c1-2-9(11)8-12-10-6-4-3-5-7-10/h3-7,9,12H,2,8,11H2,1H3. The van der Waals surface area contributed by atoms with Crippen LogP contribution in [-0.4, -0.2) is 12.6 Å². The van der Waals surface area contributed by atoms with E-state index in [1.807, 2.05) is 30.3 Å². The normalized spacial score (nSPS) is 12.5. The van der Waals surface area contributed by atoms with E-state index in [-0.39, 0.29) is 6.04 Å². The van der Waals surface area contributed by atoms with Gasteiger partial charge in [-0.05, 0) is 18.6 Å². The van der Waals surface area contributed by atoms with Crippen LogP contribution in [0.25, 0.3) is 0 Å². The van der Waals surface area contributed by atoms with Gasteiger partial charge < -0.3 is 11.1 Å². The summed E-state index contributed by atoms with van der Waals surface area (Å²) in [5, 5.41) is 3.27. The second-order valence-corrected chi connectivity index (χ2v) is 2.92. The van der Waals surface area contributed by atoms with Gasteiger partial charge in [-0.3, -0.25) is 0 Å². The Morgan fingerprint density at radius 3 is 2.58 bits per heavy atom. The first-order chi connectivity index (χ1) is 5.83. The smallest absolute Gasteiger partial charge is 0.0340 e. The highest BCUT2D eigenvalue weighted by Gasteiger charge is 1.96. The quantitative estimate of drug-likeness (QED) is 0.712.